The molecule has 0 bridgehead atoms. The van der Waals surface area contributed by atoms with E-state index in [0.717, 1.165) is 28.1 Å². The zero-order valence-electron chi connectivity index (χ0n) is 18.2. The molecule has 154 valence electrons. The van der Waals surface area contributed by atoms with Gasteiger partial charge in [0.1, 0.15) is 17.4 Å². The topological polar surface area (TPSA) is 61.5 Å². The van der Waals surface area contributed by atoms with Crippen molar-refractivity contribution in [1.29, 1.82) is 5.26 Å². The van der Waals surface area contributed by atoms with Crippen molar-refractivity contribution in [3.63, 3.8) is 0 Å². The van der Waals surface area contributed by atoms with E-state index < -0.39 is 5.41 Å². The molecule has 0 spiro atoms. The van der Waals surface area contributed by atoms with Crippen molar-refractivity contribution in [2.45, 2.75) is 33.1 Å². The molecule has 3 aromatic rings. The molecule has 0 saturated carbocycles. The second kappa shape index (κ2) is 8.68. The summed E-state index contributed by atoms with van der Waals surface area (Å²) in [5, 5.41) is 10.4. The van der Waals surface area contributed by atoms with Crippen LogP contribution in [0.5, 0.6) is 10.8 Å². The zero-order valence-corrected chi connectivity index (χ0v) is 19.0. The highest BCUT2D eigenvalue weighted by Gasteiger charge is 2.31. The van der Waals surface area contributed by atoms with Gasteiger partial charge in [-0.15, -0.1) is 0 Å². The summed E-state index contributed by atoms with van der Waals surface area (Å²) < 4.78 is 10.8. The van der Waals surface area contributed by atoms with E-state index in [2.05, 4.69) is 41.4 Å². The number of aromatic nitrogens is 1. The average molecular weight is 419 g/mol. The summed E-state index contributed by atoms with van der Waals surface area (Å²) in [5.74, 6) is 0.709. The molecule has 30 heavy (non-hydrogen) atoms. The molecule has 0 aliphatic heterocycles. The molecule has 3 rings (SSSR count). The highest BCUT2D eigenvalue weighted by molar-refractivity contribution is 7.08. The van der Waals surface area contributed by atoms with Gasteiger partial charge >= 0.3 is 0 Å². The number of benzene rings is 2. The van der Waals surface area contributed by atoms with Crippen molar-refractivity contribution in [3.05, 3.63) is 70.4 Å². The van der Waals surface area contributed by atoms with Crippen molar-refractivity contribution >= 4 is 23.6 Å². The summed E-state index contributed by atoms with van der Waals surface area (Å²) in [6, 6.07) is 16.4. The smallest absolute Gasteiger partial charge is 0.218 e. The fraction of sp³-hybridized carbons (Fsp3) is 0.292. The maximum atomic E-state index is 9.88. The van der Waals surface area contributed by atoms with Crippen LogP contribution in [0.25, 0.3) is 0 Å². The third kappa shape index (κ3) is 4.37. The largest absolute Gasteiger partial charge is 0.443 e. The van der Waals surface area contributed by atoms with Crippen LogP contribution in [0.1, 0.15) is 41.8 Å². The fourth-order valence-electron chi connectivity index (χ4n) is 3.16. The fourth-order valence-corrected chi connectivity index (χ4v) is 4.02. The van der Waals surface area contributed by atoms with Crippen LogP contribution >= 0.6 is 11.5 Å². The van der Waals surface area contributed by atoms with Crippen molar-refractivity contribution in [2.24, 2.45) is 4.99 Å². The van der Waals surface area contributed by atoms with E-state index in [9.17, 15) is 5.26 Å². The molecular formula is C24H26N4OS. The Morgan fingerprint density at radius 3 is 2.47 bits per heavy atom. The lowest BCUT2D eigenvalue weighted by molar-refractivity contribution is 0.489. The van der Waals surface area contributed by atoms with Crippen LogP contribution in [-0.4, -0.2) is 29.7 Å². The molecule has 0 N–H and O–H groups in total. The third-order valence-corrected chi connectivity index (χ3v) is 5.71. The highest BCUT2D eigenvalue weighted by atomic mass is 32.1. The van der Waals surface area contributed by atoms with Crippen molar-refractivity contribution < 1.29 is 4.74 Å². The molecule has 2 aromatic carbocycles. The number of aliphatic imine (C=N–C) groups is 1. The first-order chi connectivity index (χ1) is 14.2. The van der Waals surface area contributed by atoms with Crippen molar-refractivity contribution in [2.75, 3.05) is 14.1 Å². The Hall–Kier alpha value is -3.17. The molecule has 0 unspecified atom stereocenters. The van der Waals surface area contributed by atoms with Gasteiger partial charge in [-0.25, -0.2) is 4.99 Å². The normalized spacial score (nSPS) is 11.5. The third-order valence-electron chi connectivity index (χ3n) is 4.98. The number of aryl methyl sites for hydroxylation is 2. The summed E-state index contributed by atoms with van der Waals surface area (Å²) in [7, 11) is 3.87. The van der Waals surface area contributed by atoms with Gasteiger partial charge in [0.2, 0.25) is 5.06 Å². The van der Waals surface area contributed by atoms with Gasteiger partial charge in [0, 0.05) is 31.0 Å². The molecule has 6 heteroatoms. The molecule has 0 saturated heterocycles. The second-order valence-electron chi connectivity index (χ2n) is 8.01. The minimum atomic E-state index is -0.403. The van der Waals surface area contributed by atoms with E-state index in [1.165, 1.54) is 11.5 Å². The van der Waals surface area contributed by atoms with E-state index >= 15 is 0 Å². The Balaban J connectivity index is 1.96. The van der Waals surface area contributed by atoms with Crippen molar-refractivity contribution in [1.82, 2.24) is 9.27 Å². The van der Waals surface area contributed by atoms with Crippen LogP contribution in [0.3, 0.4) is 0 Å². The monoisotopic (exact) mass is 418 g/mol. The highest BCUT2D eigenvalue weighted by Crippen LogP contribution is 2.41. The standard InChI is InChI=1S/C24H26N4OS/c1-16-13-21(17(2)12-20(16)26-15-28(5)6)29-23-19(14-25)22(27-30-23)24(3,4)18-10-8-7-9-11-18/h7-13,15H,1-6H3/b26-15-. The second-order valence-corrected chi connectivity index (χ2v) is 8.75. The number of hydrogen-bond acceptors (Lipinski definition) is 5. The number of rotatable bonds is 6. The van der Waals surface area contributed by atoms with E-state index in [0.29, 0.717) is 16.4 Å². The van der Waals surface area contributed by atoms with E-state index in [1.807, 2.05) is 63.2 Å². The first-order valence-corrected chi connectivity index (χ1v) is 10.5. The van der Waals surface area contributed by atoms with Gasteiger partial charge in [-0.3, -0.25) is 0 Å². The van der Waals surface area contributed by atoms with E-state index in [-0.39, 0.29) is 0 Å². The molecule has 0 atom stereocenters. The first kappa shape index (κ1) is 21.5. The Bertz CT molecular complexity index is 1110. The van der Waals surface area contributed by atoms with Crippen molar-refractivity contribution in [3.8, 4) is 16.9 Å². The van der Waals surface area contributed by atoms with Gasteiger partial charge in [-0.1, -0.05) is 44.2 Å². The molecular weight excluding hydrogens is 392 g/mol. The predicted molar refractivity (Wildman–Crippen MR) is 123 cm³/mol. The maximum Gasteiger partial charge on any atom is 0.218 e. The molecule has 0 aliphatic carbocycles. The molecule has 1 aromatic heterocycles. The van der Waals surface area contributed by atoms with Crippen LogP contribution in [0.2, 0.25) is 0 Å². The SMILES string of the molecule is Cc1cc(Oc2snc(C(C)(C)c3ccccc3)c2C#N)c(C)cc1/N=C\N(C)C. The van der Waals surface area contributed by atoms with Gasteiger partial charge in [-0.2, -0.15) is 9.64 Å². The maximum absolute atomic E-state index is 9.88. The molecule has 0 amide bonds. The van der Waals surface area contributed by atoms with Crippen LogP contribution in [0, 0.1) is 25.2 Å². The van der Waals surface area contributed by atoms with Gasteiger partial charge in [0.05, 0.1) is 17.7 Å². The van der Waals surface area contributed by atoms with Crippen LogP contribution in [0.4, 0.5) is 5.69 Å². The molecule has 1 heterocycles. The summed E-state index contributed by atoms with van der Waals surface area (Å²) in [6.07, 6.45) is 1.78. The van der Waals surface area contributed by atoms with Crippen LogP contribution < -0.4 is 4.74 Å². The number of nitrogens with zero attached hydrogens (tertiary/aromatic N) is 4. The average Bonchev–Trinajstić information content (AvgIpc) is 3.13. The summed E-state index contributed by atoms with van der Waals surface area (Å²) >= 11 is 1.22. The predicted octanol–water partition coefficient (Wildman–Crippen LogP) is 5.97. The van der Waals surface area contributed by atoms with Gasteiger partial charge in [0.25, 0.3) is 0 Å². The summed E-state index contributed by atoms with van der Waals surface area (Å²) in [6.45, 7) is 8.13. The minimum absolute atomic E-state index is 0.403. The quantitative estimate of drug-likeness (QED) is 0.365. The van der Waals surface area contributed by atoms with Crippen LogP contribution in [-0.2, 0) is 5.41 Å². The lowest BCUT2D eigenvalue weighted by Crippen LogP contribution is -2.20. The first-order valence-electron chi connectivity index (χ1n) is 9.69. The Kier molecular flexibility index (Phi) is 6.23. The lowest BCUT2D eigenvalue weighted by atomic mass is 9.80. The Morgan fingerprint density at radius 1 is 1.13 bits per heavy atom. The molecule has 0 fully saturated rings. The number of hydrogen-bond donors (Lipinski definition) is 0. The lowest BCUT2D eigenvalue weighted by Gasteiger charge is -2.23. The van der Waals surface area contributed by atoms with Gasteiger partial charge in [-0.05, 0) is 42.7 Å². The van der Waals surface area contributed by atoms with E-state index in [1.54, 1.807) is 6.34 Å². The van der Waals surface area contributed by atoms with Crippen LogP contribution in [0.15, 0.2) is 47.5 Å². The summed E-state index contributed by atoms with van der Waals surface area (Å²) in [4.78, 5) is 6.40. The Labute approximate surface area is 182 Å². The Morgan fingerprint density at radius 2 is 1.83 bits per heavy atom. The van der Waals surface area contributed by atoms with Gasteiger partial charge in [0.15, 0.2) is 0 Å². The molecule has 0 radical (unpaired) electrons. The molecule has 0 aliphatic rings. The molecule has 5 nitrogen and oxygen atoms in total. The minimum Gasteiger partial charge on any atom is -0.443 e. The van der Waals surface area contributed by atoms with Gasteiger partial charge < -0.3 is 9.64 Å². The number of nitriles is 1. The summed E-state index contributed by atoms with van der Waals surface area (Å²) in [5.41, 5.74) is 4.77. The number of ether oxygens (including phenoxy) is 1. The van der Waals surface area contributed by atoms with E-state index in [4.69, 9.17) is 4.74 Å². The zero-order chi connectivity index (χ0) is 21.9.